The Morgan fingerprint density at radius 2 is 1.81 bits per heavy atom. The summed E-state index contributed by atoms with van der Waals surface area (Å²) in [4.78, 5) is 20.5. The van der Waals surface area contributed by atoms with Gasteiger partial charge in [-0.3, -0.25) is 4.90 Å². The quantitative estimate of drug-likeness (QED) is 0.612. The molecular weight excluding hydrogens is 350 g/mol. The molecule has 0 spiro atoms. The maximum atomic E-state index is 9.10. The molecule has 148 valence electrons. The first-order valence-electron chi connectivity index (χ1n) is 8.76. The van der Waals surface area contributed by atoms with Gasteiger partial charge in [-0.25, -0.2) is 9.59 Å². The van der Waals surface area contributed by atoms with Crippen molar-refractivity contribution < 1.29 is 29.3 Å². The highest BCUT2D eigenvalue weighted by Crippen LogP contribution is 2.27. The first-order valence-corrected chi connectivity index (χ1v) is 8.76. The minimum Gasteiger partial charge on any atom is -0.481 e. The molecule has 0 amide bonds. The second-order valence-electron chi connectivity index (χ2n) is 6.34. The molecule has 1 heterocycles. The molecule has 1 aliphatic heterocycles. The van der Waals surface area contributed by atoms with Gasteiger partial charge < -0.3 is 19.7 Å². The predicted molar refractivity (Wildman–Crippen MR) is 101 cm³/mol. The van der Waals surface area contributed by atoms with Crippen LogP contribution in [0, 0.1) is 18.8 Å². The molecule has 0 unspecified atom stereocenters. The van der Waals surface area contributed by atoms with Crippen LogP contribution in [0.15, 0.2) is 18.2 Å². The topological polar surface area (TPSA) is 96.3 Å². The number of aryl methyl sites for hydroxylation is 1. The van der Waals surface area contributed by atoms with Gasteiger partial charge in [0.1, 0.15) is 12.4 Å². The number of nitrogens with zero attached hydrogens (tertiary/aromatic N) is 1. The third kappa shape index (κ3) is 9.08. The van der Waals surface area contributed by atoms with Gasteiger partial charge in [-0.05, 0) is 30.0 Å². The molecule has 7 heteroatoms. The zero-order valence-electron chi connectivity index (χ0n) is 16.0. The van der Waals surface area contributed by atoms with Gasteiger partial charge in [-0.15, -0.1) is 0 Å². The molecule has 7 nitrogen and oxygen atoms in total. The summed E-state index contributed by atoms with van der Waals surface area (Å²) >= 11 is 0. The minimum atomic E-state index is -1.82. The van der Waals surface area contributed by atoms with Gasteiger partial charge in [0.25, 0.3) is 0 Å². The summed E-state index contributed by atoms with van der Waals surface area (Å²) in [6.45, 7) is 11.3. The summed E-state index contributed by atoms with van der Waals surface area (Å²) in [5.74, 6) is 4.07. The number of ether oxygens (including phenoxy) is 2. The molecule has 2 N–H and O–H groups in total. The van der Waals surface area contributed by atoms with Crippen molar-refractivity contribution in [3.8, 4) is 17.6 Å². The molecule has 0 radical (unpaired) electrons. The molecule has 1 aromatic rings. The number of rotatable bonds is 4. The fraction of sp³-hybridized carbons (Fsp3) is 0.500. The van der Waals surface area contributed by atoms with Crippen molar-refractivity contribution in [2.45, 2.75) is 26.7 Å². The molecule has 1 aliphatic rings. The first kappa shape index (κ1) is 22.5. The average molecular weight is 377 g/mol. The Hall–Kier alpha value is -2.56. The zero-order valence-corrected chi connectivity index (χ0v) is 16.0. The van der Waals surface area contributed by atoms with Crippen LogP contribution in [0.3, 0.4) is 0 Å². The van der Waals surface area contributed by atoms with Gasteiger partial charge in [0.05, 0.1) is 19.8 Å². The van der Waals surface area contributed by atoms with E-state index < -0.39 is 11.9 Å². The van der Waals surface area contributed by atoms with E-state index in [9.17, 15) is 0 Å². The minimum absolute atomic E-state index is 0.452. The lowest BCUT2D eigenvalue weighted by molar-refractivity contribution is -0.159. The third-order valence-electron chi connectivity index (χ3n) is 3.81. The standard InChI is InChI=1S/C18H25NO2.C2H2O4/c1-15(2)17-7-6-16(3)14-18(17)21-11-5-4-8-19-9-12-20-13-10-19;3-1(4)2(5)6/h6-7,14-15H,8-13H2,1-3H3;(H,3,4)(H,5,6). The SMILES string of the molecule is Cc1ccc(C(C)C)c(OCC#CCN2CCOCC2)c1.O=C(O)C(=O)O. The maximum Gasteiger partial charge on any atom is 0.414 e. The lowest BCUT2D eigenvalue weighted by Crippen LogP contribution is -2.36. The van der Waals surface area contributed by atoms with E-state index in [0.717, 1.165) is 38.6 Å². The molecule has 2 rings (SSSR count). The summed E-state index contributed by atoms with van der Waals surface area (Å²) in [5.41, 5.74) is 2.46. The van der Waals surface area contributed by atoms with Gasteiger partial charge in [-0.1, -0.05) is 37.8 Å². The van der Waals surface area contributed by atoms with Crippen LogP contribution in [0.5, 0.6) is 5.75 Å². The van der Waals surface area contributed by atoms with E-state index in [1.54, 1.807) is 0 Å². The summed E-state index contributed by atoms with van der Waals surface area (Å²) in [7, 11) is 0. The second kappa shape index (κ2) is 11.9. The summed E-state index contributed by atoms with van der Waals surface area (Å²) in [6.07, 6.45) is 0. The van der Waals surface area contributed by atoms with Gasteiger partial charge >= 0.3 is 11.9 Å². The summed E-state index contributed by atoms with van der Waals surface area (Å²) < 4.78 is 11.2. The van der Waals surface area contributed by atoms with Crippen molar-refractivity contribution in [2.24, 2.45) is 0 Å². The Morgan fingerprint density at radius 3 is 2.37 bits per heavy atom. The Morgan fingerprint density at radius 1 is 1.19 bits per heavy atom. The fourth-order valence-electron chi connectivity index (χ4n) is 2.34. The van der Waals surface area contributed by atoms with Crippen LogP contribution in [-0.4, -0.2) is 66.5 Å². The first-order chi connectivity index (χ1) is 12.8. The predicted octanol–water partition coefficient (Wildman–Crippen LogP) is 1.99. The van der Waals surface area contributed by atoms with E-state index in [0.29, 0.717) is 12.5 Å². The number of aliphatic carboxylic acids is 2. The van der Waals surface area contributed by atoms with Gasteiger partial charge in [0, 0.05) is 13.1 Å². The second-order valence-corrected chi connectivity index (χ2v) is 6.34. The van der Waals surface area contributed by atoms with Crippen LogP contribution >= 0.6 is 0 Å². The van der Waals surface area contributed by atoms with Crippen molar-refractivity contribution in [1.29, 1.82) is 0 Å². The van der Waals surface area contributed by atoms with E-state index in [-0.39, 0.29) is 0 Å². The summed E-state index contributed by atoms with van der Waals surface area (Å²) in [5, 5.41) is 14.8. The molecule has 0 atom stereocenters. The Labute approximate surface area is 159 Å². The van der Waals surface area contributed by atoms with Crippen LogP contribution < -0.4 is 4.74 Å². The van der Waals surface area contributed by atoms with Gasteiger partial charge in [0.15, 0.2) is 0 Å². The van der Waals surface area contributed by atoms with Crippen LogP contribution in [0.4, 0.5) is 0 Å². The van der Waals surface area contributed by atoms with E-state index in [1.807, 2.05) is 0 Å². The number of morpholine rings is 1. The van der Waals surface area contributed by atoms with Crippen LogP contribution in [-0.2, 0) is 14.3 Å². The smallest absolute Gasteiger partial charge is 0.414 e. The Balaban J connectivity index is 0.000000527. The normalized spacial score (nSPS) is 13.8. The average Bonchev–Trinajstić information content (AvgIpc) is 2.62. The molecule has 1 fully saturated rings. The number of hydrogen-bond donors (Lipinski definition) is 2. The monoisotopic (exact) mass is 377 g/mol. The highest BCUT2D eigenvalue weighted by molar-refractivity contribution is 6.27. The lowest BCUT2D eigenvalue weighted by atomic mass is 10.0. The van der Waals surface area contributed by atoms with Gasteiger partial charge in [-0.2, -0.15) is 0 Å². The number of hydrogen-bond acceptors (Lipinski definition) is 5. The van der Waals surface area contributed by atoms with E-state index >= 15 is 0 Å². The number of carboxylic acid groups (broad SMARTS) is 2. The molecule has 0 aliphatic carbocycles. The zero-order chi connectivity index (χ0) is 20.2. The highest BCUT2D eigenvalue weighted by atomic mass is 16.5. The number of carboxylic acids is 2. The van der Waals surface area contributed by atoms with Crippen molar-refractivity contribution in [3.05, 3.63) is 29.3 Å². The molecule has 1 aromatic carbocycles. The molecular formula is C20H27NO6. The number of benzene rings is 1. The molecule has 0 saturated carbocycles. The maximum absolute atomic E-state index is 9.10. The molecule has 0 aromatic heterocycles. The highest BCUT2D eigenvalue weighted by Gasteiger charge is 2.08. The van der Waals surface area contributed by atoms with Crippen LogP contribution in [0.25, 0.3) is 0 Å². The van der Waals surface area contributed by atoms with Gasteiger partial charge in [0.2, 0.25) is 0 Å². The largest absolute Gasteiger partial charge is 0.481 e. The molecule has 27 heavy (non-hydrogen) atoms. The Bertz CT molecular complexity index is 671. The van der Waals surface area contributed by atoms with Crippen LogP contribution in [0.2, 0.25) is 0 Å². The Kier molecular flexibility index (Phi) is 9.94. The van der Waals surface area contributed by atoms with E-state index in [1.165, 1.54) is 11.1 Å². The fourth-order valence-corrected chi connectivity index (χ4v) is 2.34. The van der Waals surface area contributed by atoms with E-state index in [2.05, 4.69) is 55.7 Å². The molecule has 0 bridgehead atoms. The van der Waals surface area contributed by atoms with E-state index in [4.69, 9.17) is 29.3 Å². The van der Waals surface area contributed by atoms with Crippen molar-refractivity contribution in [3.63, 3.8) is 0 Å². The number of carbonyl (C=O) groups is 2. The van der Waals surface area contributed by atoms with Crippen molar-refractivity contribution in [1.82, 2.24) is 4.90 Å². The van der Waals surface area contributed by atoms with Crippen molar-refractivity contribution in [2.75, 3.05) is 39.5 Å². The van der Waals surface area contributed by atoms with Crippen LogP contribution in [0.1, 0.15) is 30.9 Å². The molecule has 1 saturated heterocycles. The van der Waals surface area contributed by atoms with Crippen molar-refractivity contribution >= 4 is 11.9 Å². The third-order valence-corrected chi connectivity index (χ3v) is 3.81. The lowest BCUT2D eigenvalue weighted by Gasteiger charge is -2.24. The summed E-state index contributed by atoms with van der Waals surface area (Å²) in [6, 6.07) is 6.38.